The standard InChI is InChI=1S/C23H24N4O2/c28-22(23(11-12-23)19-9-5-2-6-10-19)26-14-21(15-26)27-13-20(24-25-27)17-29-16-18-7-3-1-4-8-18/h1-10,13,21H,11-12,14-17H2. The molecule has 0 atom stereocenters. The highest BCUT2D eigenvalue weighted by atomic mass is 16.5. The average Bonchev–Trinajstić information content (AvgIpc) is 3.42. The van der Waals surface area contributed by atoms with Gasteiger partial charge in [0.1, 0.15) is 5.69 Å². The van der Waals surface area contributed by atoms with E-state index in [1.54, 1.807) is 0 Å². The van der Waals surface area contributed by atoms with Crippen LogP contribution < -0.4 is 0 Å². The van der Waals surface area contributed by atoms with Gasteiger partial charge in [0.2, 0.25) is 5.91 Å². The predicted molar refractivity (Wildman–Crippen MR) is 108 cm³/mol. The van der Waals surface area contributed by atoms with Crippen LogP contribution in [-0.4, -0.2) is 38.9 Å². The molecule has 6 nitrogen and oxygen atoms in total. The van der Waals surface area contributed by atoms with Crippen LogP contribution in [0.15, 0.2) is 66.9 Å². The third-order valence-electron chi connectivity index (χ3n) is 5.93. The van der Waals surface area contributed by atoms with Crippen molar-refractivity contribution in [2.24, 2.45) is 0 Å². The molecule has 0 spiro atoms. The van der Waals surface area contributed by atoms with Crippen molar-refractivity contribution in [2.75, 3.05) is 13.1 Å². The van der Waals surface area contributed by atoms with E-state index >= 15 is 0 Å². The molecule has 0 radical (unpaired) electrons. The lowest BCUT2D eigenvalue weighted by Gasteiger charge is -2.41. The van der Waals surface area contributed by atoms with Gasteiger partial charge >= 0.3 is 0 Å². The topological polar surface area (TPSA) is 60.2 Å². The fourth-order valence-electron chi connectivity index (χ4n) is 4.00. The summed E-state index contributed by atoms with van der Waals surface area (Å²) in [6.07, 6.45) is 3.83. The van der Waals surface area contributed by atoms with Gasteiger partial charge in [-0.15, -0.1) is 5.10 Å². The van der Waals surface area contributed by atoms with Gasteiger partial charge in [0.15, 0.2) is 0 Å². The minimum atomic E-state index is -0.287. The van der Waals surface area contributed by atoms with Crippen molar-refractivity contribution >= 4 is 5.91 Å². The second-order valence-electron chi connectivity index (χ2n) is 7.98. The van der Waals surface area contributed by atoms with E-state index in [9.17, 15) is 4.79 Å². The van der Waals surface area contributed by atoms with Crippen molar-refractivity contribution in [3.63, 3.8) is 0 Å². The van der Waals surface area contributed by atoms with Crippen molar-refractivity contribution in [1.82, 2.24) is 19.9 Å². The van der Waals surface area contributed by atoms with Crippen molar-refractivity contribution < 1.29 is 9.53 Å². The van der Waals surface area contributed by atoms with Crippen LogP contribution >= 0.6 is 0 Å². The first kappa shape index (κ1) is 18.1. The van der Waals surface area contributed by atoms with Gasteiger partial charge < -0.3 is 9.64 Å². The Morgan fingerprint density at radius 1 is 1.00 bits per heavy atom. The van der Waals surface area contributed by atoms with Crippen LogP contribution in [0.3, 0.4) is 0 Å². The van der Waals surface area contributed by atoms with Crippen molar-refractivity contribution in [2.45, 2.75) is 37.5 Å². The first-order valence-corrected chi connectivity index (χ1v) is 10.1. The van der Waals surface area contributed by atoms with Gasteiger partial charge in [0.05, 0.1) is 30.9 Å². The van der Waals surface area contributed by atoms with E-state index in [2.05, 4.69) is 22.4 Å². The Bertz CT molecular complexity index is 976. The maximum Gasteiger partial charge on any atom is 0.233 e. The number of amides is 1. The second-order valence-corrected chi connectivity index (χ2v) is 7.98. The van der Waals surface area contributed by atoms with E-state index < -0.39 is 0 Å². The van der Waals surface area contributed by atoms with Crippen molar-refractivity contribution in [1.29, 1.82) is 0 Å². The molecule has 1 amide bonds. The van der Waals surface area contributed by atoms with Crippen LogP contribution in [0, 0.1) is 0 Å². The minimum Gasteiger partial charge on any atom is -0.370 e. The number of rotatable bonds is 7. The lowest BCUT2D eigenvalue weighted by molar-refractivity contribution is -0.140. The maximum absolute atomic E-state index is 13.0. The van der Waals surface area contributed by atoms with Crippen LogP contribution in [0.1, 0.15) is 35.7 Å². The van der Waals surface area contributed by atoms with Gasteiger partial charge in [0, 0.05) is 13.1 Å². The normalized spacial score (nSPS) is 17.7. The molecular weight excluding hydrogens is 364 g/mol. The molecule has 3 aromatic rings. The van der Waals surface area contributed by atoms with Crippen LogP contribution in [0.25, 0.3) is 0 Å². The van der Waals surface area contributed by atoms with E-state index in [-0.39, 0.29) is 17.4 Å². The zero-order valence-corrected chi connectivity index (χ0v) is 16.3. The number of benzene rings is 2. The summed E-state index contributed by atoms with van der Waals surface area (Å²) in [6, 6.07) is 20.4. The summed E-state index contributed by atoms with van der Waals surface area (Å²) in [5, 5.41) is 8.46. The monoisotopic (exact) mass is 388 g/mol. The van der Waals surface area contributed by atoms with Crippen LogP contribution in [0.2, 0.25) is 0 Å². The zero-order chi connectivity index (χ0) is 19.7. The fraction of sp³-hybridized carbons (Fsp3) is 0.348. The lowest BCUT2D eigenvalue weighted by Crippen LogP contribution is -2.54. The smallest absolute Gasteiger partial charge is 0.233 e. The number of carbonyl (C=O) groups is 1. The molecular formula is C23H24N4O2. The molecule has 1 saturated heterocycles. The van der Waals surface area contributed by atoms with E-state index in [0.717, 1.165) is 29.7 Å². The summed E-state index contributed by atoms with van der Waals surface area (Å²) in [4.78, 5) is 15.0. The molecule has 2 aliphatic rings. The zero-order valence-electron chi connectivity index (χ0n) is 16.3. The number of hydrogen-bond donors (Lipinski definition) is 0. The van der Waals surface area contributed by atoms with Crippen LogP contribution in [-0.2, 0) is 28.2 Å². The van der Waals surface area contributed by atoms with E-state index in [0.29, 0.717) is 26.3 Å². The van der Waals surface area contributed by atoms with Gasteiger partial charge in [-0.2, -0.15) is 0 Å². The third-order valence-corrected chi connectivity index (χ3v) is 5.93. The Balaban J connectivity index is 1.13. The molecule has 2 fully saturated rings. The summed E-state index contributed by atoms with van der Waals surface area (Å²) in [5.41, 5.74) is 2.81. The molecule has 0 N–H and O–H groups in total. The quantitative estimate of drug-likeness (QED) is 0.624. The highest BCUT2D eigenvalue weighted by molar-refractivity contribution is 5.91. The summed E-state index contributed by atoms with van der Waals surface area (Å²) < 4.78 is 7.60. The predicted octanol–water partition coefficient (Wildman–Crippen LogP) is 3.11. The third kappa shape index (κ3) is 3.56. The fourth-order valence-corrected chi connectivity index (χ4v) is 4.00. The van der Waals surface area contributed by atoms with Gasteiger partial charge in [-0.05, 0) is 24.0 Å². The molecule has 6 heteroatoms. The molecule has 0 unspecified atom stereocenters. The SMILES string of the molecule is O=C(N1CC(n2cc(COCc3ccccc3)nn2)C1)C1(c2ccccc2)CC1. The highest BCUT2D eigenvalue weighted by Crippen LogP contribution is 2.50. The molecule has 1 aliphatic carbocycles. The molecule has 2 aromatic carbocycles. The Morgan fingerprint density at radius 3 is 2.38 bits per heavy atom. The number of aromatic nitrogens is 3. The van der Waals surface area contributed by atoms with Crippen molar-refractivity contribution in [3.05, 3.63) is 83.7 Å². The number of ether oxygens (including phenoxy) is 1. The Labute approximate surface area is 170 Å². The summed E-state index contributed by atoms with van der Waals surface area (Å²) in [6.45, 7) is 2.38. The molecule has 29 heavy (non-hydrogen) atoms. The van der Waals surface area contributed by atoms with Gasteiger partial charge in [-0.3, -0.25) is 4.79 Å². The number of likely N-dealkylation sites (tertiary alicyclic amines) is 1. The average molecular weight is 388 g/mol. The Kier molecular flexibility index (Phi) is 4.64. The number of hydrogen-bond acceptors (Lipinski definition) is 4. The van der Waals surface area contributed by atoms with Gasteiger partial charge in [0.25, 0.3) is 0 Å². The van der Waals surface area contributed by atoms with Crippen LogP contribution in [0.5, 0.6) is 0 Å². The molecule has 148 valence electrons. The van der Waals surface area contributed by atoms with E-state index in [4.69, 9.17) is 4.74 Å². The van der Waals surface area contributed by atoms with Crippen LogP contribution in [0.4, 0.5) is 0 Å². The molecule has 0 bridgehead atoms. The lowest BCUT2D eigenvalue weighted by atomic mass is 9.92. The molecule has 2 heterocycles. The van der Waals surface area contributed by atoms with Gasteiger partial charge in [-0.1, -0.05) is 65.9 Å². The molecule has 5 rings (SSSR count). The van der Waals surface area contributed by atoms with E-state index in [1.807, 2.05) is 64.3 Å². The summed E-state index contributed by atoms with van der Waals surface area (Å²) >= 11 is 0. The maximum atomic E-state index is 13.0. The van der Waals surface area contributed by atoms with Gasteiger partial charge in [-0.25, -0.2) is 4.68 Å². The first-order valence-electron chi connectivity index (χ1n) is 10.1. The first-order chi connectivity index (χ1) is 14.2. The Hall–Kier alpha value is -2.99. The largest absolute Gasteiger partial charge is 0.370 e. The number of nitrogens with zero attached hydrogens (tertiary/aromatic N) is 4. The summed E-state index contributed by atoms with van der Waals surface area (Å²) in [5.74, 6) is 0.256. The molecule has 1 aromatic heterocycles. The summed E-state index contributed by atoms with van der Waals surface area (Å²) in [7, 11) is 0. The Morgan fingerprint density at radius 2 is 1.69 bits per heavy atom. The highest BCUT2D eigenvalue weighted by Gasteiger charge is 2.54. The van der Waals surface area contributed by atoms with E-state index in [1.165, 1.54) is 0 Å². The molecule has 1 saturated carbocycles. The molecule has 1 aliphatic heterocycles. The number of carbonyl (C=O) groups excluding carboxylic acids is 1. The minimum absolute atomic E-state index is 0.195. The van der Waals surface area contributed by atoms with Crippen molar-refractivity contribution in [3.8, 4) is 0 Å². The second kappa shape index (κ2) is 7.44.